The molecule has 0 spiro atoms. The molecule has 4 nitrogen and oxygen atoms in total. The minimum atomic E-state index is 0.208. The van der Waals surface area contributed by atoms with Gasteiger partial charge in [-0.3, -0.25) is 11.3 Å². The summed E-state index contributed by atoms with van der Waals surface area (Å²) in [5.74, 6) is 5.68. The lowest BCUT2D eigenvalue weighted by Gasteiger charge is -2.34. The molecule has 106 valence electrons. The molecule has 1 fully saturated rings. The summed E-state index contributed by atoms with van der Waals surface area (Å²) in [6, 6.07) is 10.8. The van der Waals surface area contributed by atoms with E-state index in [1.165, 1.54) is 5.56 Å². The minimum Gasteiger partial charge on any atom is -0.374 e. The van der Waals surface area contributed by atoms with Crippen LogP contribution in [0, 0.1) is 0 Å². The molecule has 1 heterocycles. The Balaban J connectivity index is 1.76. The highest BCUT2D eigenvalue weighted by Crippen LogP contribution is 2.13. The third-order valence-corrected chi connectivity index (χ3v) is 3.78. The number of aryl methyl sites for hydroxylation is 1. The zero-order chi connectivity index (χ0) is 13.5. The molecule has 0 bridgehead atoms. The number of hydrogen-bond donors (Lipinski definition) is 2. The van der Waals surface area contributed by atoms with Crippen molar-refractivity contribution in [3.63, 3.8) is 0 Å². The van der Waals surface area contributed by atoms with Crippen molar-refractivity contribution in [1.82, 2.24) is 10.3 Å². The number of nitrogens with two attached hydrogens (primary N) is 1. The Morgan fingerprint density at radius 3 is 2.89 bits per heavy atom. The lowest BCUT2D eigenvalue weighted by atomic mass is 10.0. The van der Waals surface area contributed by atoms with Crippen LogP contribution in [-0.4, -0.2) is 43.8 Å². The first-order valence-corrected chi connectivity index (χ1v) is 7.10. The van der Waals surface area contributed by atoms with Crippen LogP contribution in [-0.2, 0) is 11.2 Å². The lowest BCUT2D eigenvalue weighted by molar-refractivity contribution is -0.0401. The van der Waals surface area contributed by atoms with Gasteiger partial charge in [0.05, 0.1) is 12.7 Å². The summed E-state index contributed by atoms with van der Waals surface area (Å²) in [5.41, 5.74) is 4.32. The molecule has 1 aliphatic rings. The van der Waals surface area contributed by atoms with Gasteiger partial charge in [0.2, 0.25) is 0 Å². The van der Waals surface area contributed by atoms with Crippen LogP contribution in [0.3, 0.4) is 0 Å². The molecule has 1 saturated heterocycles. The quantitative estimate of drug-likeness (QED) is 0.597. The highest BCUT2D eigenvalue weighted by atomic mass is 16.5. The number of nitrogens with zero attached hydrogens (tertiary/aromatic N) is 1. The second-order valence-corrected chi connectivity index (χ2v) is 5.32. The van der Waals surface area contributed by atoms with Gasteiger partial charge < -0.3 is 9.64 Å². The lowest BCUT2D eigenvalue weighted by Crippen LogP contribution is -2.53. The third-order valence-electron chi connectivity index (χ3n) is 3.78. The molecule has 0 saturated carbocycles. The Bertz CT molecular complexity index is 358. The van der Waals surface area contributed by atoms with E-state index in [2.05, 4.69) is 47.7 Å². The molecule has 0 amide bonds. The summed E-state index contributed by atoms with van der Waals surface area (Å²) in [5, 5.41) is 0. The van der Waals surface area contributed by atoms with Crippen LogP contribution in [0.5, 0.6) is 0 Å². The number of hydrogen-bond acceptors (Lipinski definition) is 4. The first kappa shape index (κ1) is 14.5. The molecule has 4 heteroatoms. The monoisotopic (exact) mass is 263 g/mol. The van der Waals surface area contributed by atoms with Crippen molar-refractivity contribution in [3.05, 3.63) is 35.9 Å². The number of nitrogens with one attached hydrogen (secondary N) is 1. The van der Waals surface area contributed by atoms with E-state index in [0.717, 1.165) is 39.0 Å². The van der Waals surface area contributed by atoms with Crippen LogP contribution in [0.2, 0.25) is 0 Å². The van der Waals surface area contributed by atoms with E-state index in [1.807, 2.05) is 0 Å². The van der Waals surface area contributed by atoms with Crippen molar-refractivity contribution < 1.29 is 4.74 Å². The highest BCUT2D eigenvalue weighted by molar-refractivity contribution is 5.14. The van der Waals surface area contributed by atoms with Crippen molar-refractivity contribution in [3.8, 4) is 0 Å². The second kappa shape index (κ2) is 7.60. The predicted octanol–water partition coefficient (Wildman–Crippen LogP) is 1.17. The van der Waals surface area contributed by atoms with Crippen LogP contribution in [0.25, 0.3) is 0 Å². The molecule has 1 aliphatic heterocycles. The van der Waals surface area contributed by atoms with Crippen molar-refractivity contribution in [2.75, 3.05) is 26.7 Å². The molecule has 2 atom stereocenters. The standard InChI is InChI=1S/C15H25N3O/c1-18-10-11-19-15(12-18)14(17-16)9-5-8-13-6-3-2-4-7-13/h2-4,6-7,14-15,17H,5,8-12,16H2,1H3. The average Bonchev–Trinajstić information content (AvgIpc) is 2.45. The summed E-state index contributed by atoms with van der Waals surface area (Å²) in [4.78, 5) is 2.30. The molecule has 0 radical (unpaired) electrons. The zero-order valence-corrected chi connectivity index (χ0v) is 11.7. The van der Waals surface area contributed by atoms with E-state index >= 15 is 0 Å². The Labute approximate surface area is 115 Å². The molecule has 0 aliphatic carbocycles. The summed E-state index contributed by atoms with van der Waals surface area (Å²) in [6.07, 6.45) is 3.48. The molecule has 1 aromatic rings. The predicted molar refractivity (Wildman–Crippen MR) is 77.7 cm³/mol. The van der Waals surface area contributed by atoms with E-state index in [9.17, 15) is 0 Å². The maximum absolute atomic E-state index is 5.82. The van der Waals surface area contributed by atoms with E-state index < -0.39 is 0 Å². The molecule has 1 aromatic carbocycles. The van der Waals surface area contributed by atoms with Gasteiger partial charge in [-0.25, -0.2) is 0 Å². The second-order valence-electron chi connectivity index (χ2n) is 5.32. The summed E-state index contributed by atoms with van der Waals surface area (Å²) < 4.78 is 5.82. The number of hydrazine groups is 1. The molecule has 19 heavy (non-hydrogen) atoms. The Morgan fingerprint density at radius 1 is 1.42 bits per heavy atom. The maximum atomic E-state index is 5.82. The first-order valence-electron chi connectivity index (χ1n) is 7.10. The zero-order valence-electron chi connectivity index (χ0n) is 11.7. The normalized spacial score (nSPS) is 22.3. The fourth-order valence-corrected chi connectivity index (χ4v) is 2.60. The number of ether oxygens (including phenoxy) is 1. The van der Waals surface area contributed by atoms with Gasteiger partial charge in [0.25, 0.3) is 0 Å². The Hall–Kier alpha value is -0.940. The van der Waals surface area contributed by atoms with Crippen molar-refractivity contribution in [2.45, 2.75) is 31.4 Å². The summed E-state index contributed by atoms with van der Waals surface area (Å²) in [7, 11) is 2.13. The van der Waals surface area contributed by atoms with Gasteiger partial charge in [0.15, 0.2) is 0 Å². The van der Waals surface area contributed by atoms with Gasteiger partial charge in [-0.2, -0.15) is 0 Å². The van der Waals surface area contributed by atoms with Gasteiger partial charge in [-0.05, 0) is 31.9 Å². The van der Waals surface area contributed by atoms with Crippen molar-refractivity contribution in [2.24, 2.45) is 5.84 Å². The van der Waals surface area contributed by atoms with Crippen LogP contribution >= 0.6 is 0 Å². The fourth-order valence-electron chi connectivity index (χ4n) is 2.60. The van der Waals surface area contributed by atoms with E-state index in [0.29, 0.717) is 0 Å². The van der Waals surface area contributed by atoms with Gasteiger partial charge in [0.1, 0.15) is 0 Å². The Morgan fingerprint density at radius 2 is 2.21 bits per heavy atom. The van der Waals surface area contributed by atoms with Crippen molar-refractivity contribution >= 4 is 0 Å². The molecule has 2 rings (SSSR count). The van der Waals surface area contributed by atoms with E-state index in [-0.39, 0.29) is 12.1 Å². The Kier molecular flexibility index (Phi) is 5.79. The SMILES string of the molecule is CN1CCOC(C(CCCc2ccccc2)NN)C1. The molecular formula is C15H25N3O. The fraction of sp³-hybridized carbons (Fsp3) is 0.600. The van der Waals surface area contributed by atoms with Crippen LogP contribution in [0.1, 0.15) is 18.4 Å². The average molecular weight is 263 g/mol. The minimum absolute atomic E-state index is 0.208. The van der Waals surface area contributed by atoms with Crippen LogP contribution in [0.4, 0.5) is 0 Å². The molecule has 3 N–H and O–H groups in total. The largest absolute Gasteiger partial charge is 0.374 e. The van der Waals surface area contributed by atoms with Gasteiger partial charge >= 0.3 is 0 Å². The first-order chi connectivity index (χ1) is 9.29. The topological polar surface area (TPSA) is 50.5 Å². The van der Waals surface area contributed by atoms with Gasteiger partial charge in [-0.15, -0.1) is 0 Å². The van der Waals surface area contributed by atoms with E-state index in [4.69, 9.17) is 10.6 Å². The smallest absolute Gasteiger partial charge is 0.0868 e. The number of rotatable bonds is 6. The third kappa shape index (κ3) is 4.58. The summed E-state index contributed by atoms with van der Waals surface area (Å²) in [6.45, 7) is 2.77. The van der Waals surface area contributed by atoms with Crippen LogP contribution in [0.15, 0.2) is 30.3 Å². The van der Waals surface area contributed by atoms with Gasteiger partial charge in [-0.1, -0.05) is 30.3 Å². The van der Waals surface area contributed by atoms with Gasteiger partial charge in [0, 0.05) is 19.1 Å². The molecule has 2 unspecified atom stereocenters. The maximum Gasteiger partial charge on any atom is 0.0868 e. The van der Waals surface area contributed by atoms with E-state index in [1.54, 1.807) is 0 Å². The highest BCUT2D eigenvalue weighted by Gasteiger charge is 2.25. The molecule has 0 aromatic heterocycles. The van der Waals surface area contributed by atoms with Crippen molar-refractivity contribution in [1.29, 1.82) is 0 Å². The number of likely N-dealkylation sites (N-methyl/N-ethyl adjacent to an activating group) is 1. The number of morpholine rings is 1. The summed E-state index contributed by atoms with van der Waals surface area (Å²) >= 11 is 0. The number of benzene rings is 1. The van der Waals surface area contributed by atoms with Crippen LogP contribution < -0.4 is 11.3 Å². The molecular weight excluding hydrogens is 238 g/mol.